The van der Waals surface area contributed by atoms with Crippen molar-refractivity contribution in [1.29, 1.82) is 0 Å². The first-order valence-electron chi connectivity index (χ1n) is 3.95. The van der Waals surface area contributed by atoms with Crippen molar-refractivity contribution in [2.75, 3.05) is 6.79 Å². The zero-order valence-corrected chi connectivity index (χ0v) is 8.23. The van der Waals surface area contributed by atoms with Crippen molar-refractivity contribution >= 4 is 0 Å². The minimum absolute atomic E-state index is 0.343. The standard InChI is InChI=1S/C8H15F3O2/c1-6(8(9,10)11)12-5-13-7(2,3)4/h6H,5H2,1-4H3. The average molecular weight is 200 g/mol. The normalized spacial score (nSPS) is 15.9. The van der Waals surface area contributed by atoms with E-state index in [-0.39, 0.29) is 6.79 Å². The molecular formula is C8H15F3O2. The summed E-state index contributed by atoms with van der Waals surface area (Å²) in [5.41, 5.74) is -0.481. The molecule has 0 aliphatic carbocycles. The molecule has 0 N–H and O–H groups in total. The Morgan fingerprint density at radius 1 is 1.15 bits per heavy atom. The van der Waals surface area contributed by atoms with Crippen LogP contribution < -0.4 is 0 Å². The molecule has 0 amide bonds. The summed E-state index contributed by atoms with van der Waals surface area (Å²) in [6.45, 7) is 5.84. The van der Waals surface area contributed by atoms with E-state index >= 15 is 0 Å². The lowest BCUT2D eigenvalue weighted by atomic mass is 10.2. The van der Waals surface area contributed by atoms with Crippen LogP contribution in [0.15, 0.2) is 0 Å². The van der Waals surface area contributed by atoms with E-state index in [1.54, 1.807) is 20.8 Å². The van der Waals surface area contributed by atoms with Gasteiger partial charge in [0.25, 0.3) is 0 Å². The topological polar surface area (TPSA) is 18.5 Å². The van der Waals surface area contributed by atoms with E-state index in [2.05, 4.69) is 4.74 Å². The Balaban J connectivity index is 3.67. The molecule has 0 bridgehead atoms. The van der Waals surface area contributed by atoms with E-state index in [0.29, 0.717) is 0 Å². The maximum atomic E-state index is 11.9. The molecule has 0 aromatic heterocycles. The molecule has 0 radical (unpaired) electrons. The van der Waals surface area contributed by atoms with Crippen molar-refractivity contribution in [3.05, 3.63) is 0 Å². The molecule has 80 valence electrons. The van der Waals surface area contributed by atoms with Crippen LogP contribution in [0.1, 0.15) is 27.7 Å². The Morgan fingerprint density at radius 3 is 1.92 bits per heavy atom. The first-order chi connectivity index (χ1) is 5.63. The second-order valence-electron chi connectivity index (χ2n) is 3.73. The molecule has 5 heteroatoms. The zero-order chi connectivity index (χ0) is 10.7. The van der Waals surface area contributed by atoms with Crippen LogP contribution in [0.25, 0.3) is 0 Å². The van der Waals surface area contributed by atoms with Gasteiger partial charge in [0.1, 0.15) is 6.79 Å². The summed E-state index contributed by atoms with van der Waals surface area (Å²) in [4.78, 5) is 0. The minimum Gasteiger partial charge on any atom is -0.350 e. The predicted molar refractivity (Wildman–Crippen MR) is 42.3 cm³/mol. The van der Waals surface area contributed by atoms with Gasteiger partial charge in [-0.2, -0.15) is 13.2 Å². The number of alkyl halides is 3. The highest BCUT2D eigenvalue weighted by atomic mass is 19.4. The number of halogens is 3. The summed E-state index contributed by atoms with van der Waals surface area (Å²) in [7, 11) is 0. The highest BCUT2D eigenvalue weighted by Gasteiger charge is 2.37. The van der Waals surface area contributed by atoms with Crippen LogP contribution in [0.2, 0.25) is 0 Å². The molecule has 0 aromatic rings. The van der Waals surface area contributed by atoms with Crippen molar-refractivity contribution < 1.29 is 22.6 Å². The Bertz CT molecular complexity index is 148. The summed E-state index contributed by atoms with van der Waals surface area (Å²) >= 11 is 0. The van der Waals surface area contributed by atoms with Gasteiger partial charge in [-0.25, -0.2) is 0 Å². The van der Waals surface area contributed by atoms with Crippen molar-refractivity contribution in [3.8, 4) is 0 Å². The van der Waals surface area contributed by atoms with Crippen LogP contribution >= 0.6 is 0 Å². The van der Waals surface area contributed by atoms with E-state index in [4.69, 9.17) is 4.74 Å². The second-order valence-corrected chi connectivity index (χ2v) is 3.73. The molecule has 13 heavy (non-hydrogen) atoms. The number of rotatable bonds is 3. The van der Waals surface area contributed by atoms with E-state index < -0.39 is 17.9 Å². The van der Waals surface area contributed by atoms with Crippen LogP contribution in [0.3, 0.4) is 0 Å². The fourth-order valence-corrected chi connectivity index (χ4v) is 0.407. The van der Waals surface area contributed by atoms with Crippen LogP contribution in [0, 0.1) is 0 Å². The van der Waals surface area contributed by atoms with Crippen molar-refractivity contribution in [3.63, 3.8) is 0 Å². The highest BCUT2D eigenvalue weighted by Crippen LogP contribution is 2.22. The second kappa shape index (κ2) is 4.28. The van der Waals surface area contributed by atoms with Crippen LogP contribution in [-0.4, -0.2) is 24.7 Å². The lowest BCUT2D eigenvalue weighted by Crippen LogP contribution is -2.31. The van der Waals surface area contributed by atoms with Gasteiger partial charge in [0.15, 0.2) is 6.10 Å². The monoisotopic (exact) mass is 200 g/mol. The number of hydrogen-bond acceptors (Lipinski definition) is 2. The van der Waals surface area contributed by atoms with Crippen molar-refractivity contribution in [2.45, 2.75) is 45.6 Å². The van der Waals surface area contributed by atoms with Crippen LogP contribution in [0.5, 0.6) is 0 Å². The van der Waals surface area contributed by atoms with E-state index in [9.17, 15) is 13.2 Å². The van der Waals surface area contributed by atoms with Gasteiger partial charge in [-0.1, -0.05) is 0 Å². The lowest BCUT2D eigenvalue weighted by molar-refractivity contribution is -0.247. The molecule has 0 rings (SSSR count). The largest absolute Gasteiger partial charge is 0.414 e. The molecule has 0 spiro atoms. The molecule has 0 heterocycles. The predicted octanol–water partition coefficient (Wildman–Crippen LogP) is 2.73. The van der Waals surface area contributed by atoms with Gasteiger partial charge in [0.2, 0.25) is 0 Å². The maximum Gasteiger partial charge on any atom is 0.414 e. The van der Waals surface area contributed by atoms with E-state index in [1.165, 1.54) is 0 Å². The van der Waals surface area contributed by atoms with Gasteiger partial charge in [0, 0.05) is 0 Å². The molecule has 0 aliphatic rings. The molecular weight excluding hydrogens is 185 g/mol. The molecule has 0 fully saturated rings. The summed E-state index contributed by atoms with van der Waals surface area (Å²) < 4.78 is 45.1. The van der Waals surface area contributed by atoms with Crippen LogP contribution in [-0.2, 0) is 9.47 Å². The zero-order valence-electron chi connectivity index (χ0n) is 8.23. The molecule has 0 saturated heterocycles. The first-order valence-corrected chi connectivity index (χ1v) is 3.95. The third kappa shape index (κ3) is 6.83. The Labute approximate surface area is 76.0 Å². The molecule has 1 unspecified atom stereocenters. The van der Waals surface area contributed by atoms with E-state index in [1.807, 2.05) is 0 Å². The van der Waals surface area contributed by atoms with Gasteiger partial charge in [0.05, 0.1) is 5.60 Å². The van der Waals surface area contributed by atoms with Crippen molar-refractivity contribution in [1.82, 2.24) is 0 Å². The smallest absolute Gasteiger partial charge is 0.350 e. The lowest BCUT2D eigenvalue weighted by Gasteiger charge is -2.22. The SMILES string of the molecule is CC(OCOC(C)(C)C)C(F)(F)F. The average Bonchev–Trinajstić information content (AvgIpc) is 1.82. The highest BCUT2D eigenvalue weighted by molar-refractivity contribution is 4.60. The summed E-state index contributed by atoms with van der Waals surface area (Å²) in [6.07, 6.45) is -6.10. The Hall–Kier alpha value is -0.290. The Kier molecular flexibility index (Phi) is 4.19. The first kappa shape index (κ1) is 12.7. The van der Waals surface area contributed by atoms with Gasteiger partial charge in [-0.05, 0) is 27.7 Å². The van der Waals surface area contributed by atoms with Gasteiger partial charge in [-0.3, -0.25) is 0 Å². The quantitative estimate of drug-likeness (QED) is 0.652. The minimum atomic E-state index is -4.32. The van der Waals surface area contributed by atoms with Gasteiger partial charge in [-0.15, -0.1) is 0 Å². The Morgan fingerprint density at radius 2 is 1.62 bits per heavy atom. The third-order valence-corrected chi connectivity index (χ3v) is 1.27. The fourth-order valence-electron chi connectivity index (χ4n) is 0.407. The molecule has 1 atom stereocenters. The number of ether oxygens (including phenoxy) is 2. The molecule has 0 aliphatic heterocycles. The molecule has 0 aromatic carbocycles. The molecule has 0 saturated carbocycles. The van der Waals surface area contributed by atoms with E-state index in [0.717, 1.165) is 6.92 Å². The van der Waals surface area contributed by atoms with Crippen molar-refractivity contribution in [2.24, 2.45) is 0 Å². The number of hydrogen-bond donors (Lipinski definition) is 0. The maximum absolute atomic E-state index is 11.9. The summed E-state index contributed by atoms with van der Waals surface area (Å²) in [5.74, 6) is 0. The van der Waals surface area contributed by atoms with Gasteiger partial charge < -0.3 is 9.47 Å². The van der Waals surface area contributed by atoms with Crippen LogP contribution in [0.4, 0.5) is 13.2 Å². The fraction of sp³-hybridized carbons (Fsp3) is 1.00. The summed E-state index contributed by atoms with van der Waals surface area (Å²) in [5, 5.41) is 0. The third-order valence-electron chi connectivity index (χ3n) is 1.27. The summed E-state index contributed by atoms with van der Waals surface area (Å²) in [6, 6.07) is 0. The molecule has 2 nitrogen and oxygen atoms in total. The van der Waals surface area contributed by atoms with Gasteiger partial charge >= 0.3 is 6.18 Å².